The van der Waals surface area contributed by atoms with Crippen molar-refractivity contribution in [3.05, 3.63) is 138 Å². The molecule has 0 fully saturated rings. The molecule has 0 aliphatic carbocycles. The van der Waals surface area contributed by atoms with Gasteiger partial charge in [0.15, 0.2) is 12.4 Å². The van der Waals surface area contributed by atoms with E-state index in [1.807, 2.05) is 39.8 Å². The van der Waals surface area contributed by atoms with Crippen LogP contribution < -0.4 is 24.3 Å². The Kier molecular flexibility index (Phi) is 21.3. The van der Waals surface area contributed by atoms with E-state index in [2.05, 4.69) is 196 Å². The number of aromatic nitrogens is 2. The smallest absolute Gasteiger partial charge is 0.221 e. The minimum Gasteiger partial charge on any atom is -0.698 e. The zero-order chi connectivity index (χ0) is 48.0. The number of carbonyl (C=O) groups is 1. The molecular weight excluding hydrogens is 1090 g/mol. The Hall–Kier alpha value is -3.89. The molecule has 0 aliphatic heterocycles. The van der Waals surface area contributed by atoms with Crippen molar-refractivity contribution in [2.24, 2.45) is 0 Å². The van der Waals surface area contributed by atoms with Gasteiger partial charge in [-0.15, -0.1) is 5.69 Å². The zero-order valence-corrected chi connectivity index (χ0v) is 48.6. The Labute approximate surface area is 451 Å². The van der Waals surface area contributed by atoms with E-state index in [0.29, 0.717) is 5.69 Å². The van der Waals surface area contributed by atoms with Crippen LogP contribution in [-0.4, -0.2) is 109 Å². The number of amides is 1. The standard InChI is InChI=1S/C56H73N8OS2.Ac/c1-44(65)58-48-31-35-62(50(43-48)27-23-46-25-29-56(60(4)5)54-21-13-11-19-52(46)54)33-15-17-37-64(8,9)39-41-67-66-40-38-63(6,7)36-16-14-32-61-34-30-47(57)42-49(61)26-22-45-24-28-55(59(2)3)53-20-12-10-18-51(45)53;/h10-13,18-31,34-35,42-43H,14-17,32-33,36-41H2,1-9H3;/q+1;/p+2/b26-22+,27-23+;. The fraction of sp³-hybridized carbons (Fsp3) is 0.375. The summed E-state index contributed by atoms with van der Waals surface area (Å²) in [5.74, 6) is 2.23. The summed E-state index contributed by atoms with van der Waals surface area (Å²) in [6.45, 7) is 8.01. The number of quaternary nitrogens is 2. The quantitative estimate of drug-likeness (QED) is 0.0283. The van der Waals surface area contributed by atoms with Crippen LogP contribution in [0.15, 0.2) is 109 Å². The minimum absolute atomic E-state index is 0. The number of carbonyl (C=O) groups excluding carboxylic acids is 1. The summed E-state index contributed by atoms with van der Waals surface area (Å²) >= 11 is 0. The maximum absolute atomic E-state index is 11.9. The summed E-state index contributed by atoms with van der Waals surface area (Å²) in [6, 6.07) is 33.9. The second-order valence-corrected chi connectivity index (χ2v) is 22.2. The van der Waals surface area contributed by atoms with E-state index in [4.69, 9.17) is 5.73 Å². The maximum atomic E-state index is 11.9. The van der Waals surface area contributed by atoms with E-state index in [1.165, 1.54) is 44.0 Å². The summed E-state index contributed by atoms with van der Waals surface area (Å²) in [5.41, 5.74) is 16.6. The van der Waals surface area contributed by atoms with Gasteiger partial charge in [0.05, 0.1) is 71.6 Å². The van der Waals surface area contributed by atoms with E-state index in [1.54, 1.807) is 6.92 Å². The SMILES string of the molecule is CC(=O)Nc1cc[n+](CCCC[N+](C)(C)CCSSCC[N+](C)(C)CCCC[n+]2ccc([NH-])cc2/C=C/c2ccc(N(C)C)c3ccccc23)c(/C=C/c2ccc(N(C)C)c3ccccc23)c1.[Ac]. The molecule has 2 N–H and O–H groups in total. The van der Waals surface area contributed by atoms with Crippen molar-refractivity contribution in [2.45, 2.75) is 45.7 Å². The van der Waals surface area contributed by atoms with Crippen LogP contribution in [0, 0.1) is 44.1 Å². The average molecular weight is 1170 g/mol. The Morgan fingerprint density at radius 1 is 0.588 bits per heavy atom. The first-order chi connectivity index (χ1) is 32.1. The first-order valence-electron chi connectivity index (χ1n) is 23.8. The molecule has 68 heavy (non-hydrogen) atoms. The van der Waals surface area contributed by atoms with Gasteiger partial charge in [-0.3, -0.25) is 4.79 Å². The van der Waals surface area contributed by atoms with Gasteiger partial charge in [0.1, 0.15) is 13.1 Å². The fourth-order valence-corrected chi connectivity index (χ4v) is 11.2. The molecule has 0 aliphatic rings. The zero-order valence-electron chi connectivity index (χ0n) is 42.2. The van der Waals surface area contributed by atoms with Gasteiger partial charge >= 0.3 is 0 Å². The topological polar surface area (TPSA) is 67.1 Å². The van der Waals surface area contributed by atoms with Crippen molar-refractivity contribution in [2.75, 3.05) is 109 Å². The van der Waals surface area contributed by atoms with Crippen LogP contribution in [0.1, 0.15) is 55.1 Å². The predicted molar refractivity (Wildman–Crippen MR) is 293 cm³/mol. The number of fused-ring (bicyclic) bond motifs is 2. The summed E-state index contributed by atoms with van der Waals surface area (Å²) < 4.78 is 6.66. The van der Waals surface area contributed by atoms with Crippen molar-refractivity contribution >= 4 is 96.1 Å². The van der Waals surface area contributed by atoms with Gasteiger partial charge < -0.3 is 29.8 Å². The number of hydrogen-bond acceptors (Lipinski definition) is 5. The molecule has 0 spiro atoms. The number of unbranched alkanes of at least 4 members (excludes halogenated alkanes) is 2. The minimum atomic E-state index is -0.0662. The van der Waals surface area contributed by atoms with Crippen LogP contribution in [0.3, 0.4) is 0 Å². The third-order valence-electron chi connectivity index (χ3n) is 12.6. The van der Waals surface area contributed by atoms with Crippen molar-refractivity contribution in [3.63, 3.8) is 0 Å². The van der Waals surface area contributed by atoms with Crippen LogP contribution in [-0.2, 0) is 17.9 Å². The largest absolute Gasteiger partial charge is 0.698 e. The first-order valence-corrected chi connectivity index (χ1v) is 26.3. The second-order valence-electron chi connectivity index (χ2n) is 19.5. The summed E-state index contributed by atoms with van der Waals surface area (Å²) in [7, 11) is 21.9. The van der Waals surface area contributed by atoms with Gasteiger partial charge in [0.2, 0.25) is 17.3 Å². The number of aryl methyl sites for hydroxylation is 2. The van der Waals surface area contributed by atoms with E-state index >= 15 is 0 Å². The molecule has 0 unspecified atom stereocenters. The van der Waals surface area contributed by atoms with Crippen molar-refractivity contribution in [3.8, 4) is 0 Å². The second kappa shape index (κ2) is 26.4. The Bertz CT molecular complexity index is 2660. The number of benzene rings is 4. The number of nitrogens with zero attached hydrogens (tertiary/aromatic N) is 6. The predicted octanol–water partition coefficient (Wildman–Crippen LogP) is 11.5. The molecule has 4 aromatic carbocycles. The average Bonchev–Trinajstić information content (AvgIpc) is 3.29. The molecule has 0 bridgehead atoms. The van der Waals surface area contributed by atoms with Gasteiger partial charge in [-0.1, -0.05) is 82.3 Å². The van der Waals surface area contributed by atoms with Crippen LogP contribution in [0.4, 0.5) is 22.7 Å². The molecule has 2 heterocycles. The molecule has 1 amide bonds. The molecule has 0 saturated heterocycles. The van der Waals surface area contributed by atoms with Crippen molar-refractivity contribution < 1.29 is 67.0 Å². The molecular formula is C56H75AcN8OS2+3. The number of nitrogens with one attached hydrogen (secondary N) is 2. The summed E-state index contributed by atoms with van der Waals surface area (Å²) in [5, 5.41) is 7.91. The van der Waals surface area contributed by atoms with E-state index in [9.17, 15) is 4.79 Å². The van der Waals surface area contributed by atoms with Gasteiger partial charge in [-0.05, 0) is 58.3 Å². The molecule has 0 saturated carbocycles. The van der Waals surface area contributed by atoms with Gasteiger partial charge in [0, 0.05) is 151 Å². The fourth-order valence-electron chi connectivity index (χ4n) is 8.66. The molecule has 6 aromatic rings. The van der Waals surface area contributed by atoms with Gasteiger partial charge in [0.25, 0.3) is 0 Å². The molecule has 2 aromatic heterocycles. The third kappa shape index (κ3) is 16.3. The van der Waals surface area contributed by atoms with Crippen LogP contribution in [0.5, 0.6) is 0 Å². The Morgan fingerprint density at radius 3 is 1.49 bits per heavy atom. The number of rotatable bonds is 24. The molecule has 0 atom stereocenters. The third-order valence-corrected chi connectivity index (χ3v) is 15.0. The number of pyridine rings is 2. The first kappa shape index (κ1) is 55.0. The van der Waals surface area contributed by atoms with Gasteiger partial charge in [-0.25, -0.2) is 0 Å². The van der Waals surface area contributed by atoms with Crippen molar-refractivity contribution in [1.29, 1.82) is 0 Å². The Balaban J connectivity index is 0.00000864. The van der Waals surface area contributed by atoms with E-state index in [-0.39, 0.29) is 50.0 Å². The molecule has 6 rings (SSSR count). The van der Waals surface area contributed by atoms with Crippen LogP contribution >= 0.6 is 21.6 Å². The number of hydrogen-bond donors (Lipinski definition) is 1. The van der Waals surface area contributed by atoms with Crippen molar-refractivity contribution in [1.82, 2.24) is 0 Å². The van der Waals surface area contributed by atoms with E-state index < -0.39 is 0 Å². The number of anilines is 3. The molecule has 357 valence electrons. The summed E-state index contributed by atoms with van der Waals surface area (Å²) in [6.07, 6.45) is 17.4. The van der Waals surface area contributed by atoms with Crippen LogP contribution in [0.25, 0.3) is 51.6 Å². The maximum Gasteiger partial charge on any atom is 0.221 e. The van der Waals surface area contributed by atoms with Crippen LogP contribution in [0.2, 0.25) is 0 Å². The molecule has 9 nitrogen and oxygen atoms in total. The molecule has 12 heteroatoms. The molecule has 1 radical (unpaired) electrons. The summed E-state index contributed by atoms with van der Waals surface area (Å²) in [4.78, 5) is 16.2. The van der Waals surface area contributed by atoms with E-state index in [0.717, 1.165) is 102 Å². The monoisotopic (exact) mass is 1170 g/mol. The van der Waals surface area contributed by atoms with Gasteiger partial charge in [-0.2, -0.15) is 9.13 Å². The normalized spacial score (nSPS) is 12.0. The Morgan fingerprint density at radius 2 is 1.03 bits per heavy atom.